The van der Waals surface area contributed by atoms with Gasteiger partial charge in [0.05, 0.1) is 0 Å². The zero-order valence-electron chi connectivity index (χ0n) is 6.06. The Balaban J connectivity index is 0.000000720. The molecule has 3 nitrogen and oxygen atoms in total. The summed E-state index contributed by atoms with van der Waals surface area (Å²) in [5.74, 6) is -0.552. The van der Waals surface area contributed by atoms with Crippen LogP contribution in [0.1, 0.15) is 0 Å². The molecule has 2 aromatic rings. The Morgan fingerprint density at radius 3 is 2.83 bits per heavy atom. The molecule has 1 heterocycles. The Labute approximate surface area is 74.5 Å². The summed E-state index contributed by atoms with van der Waals surface area (Å²) >= 11 is 0. The lowest BCUT2D eigenvalue weighted by molar-refractivity contribution is 0.531. The number of hydrogen-bond donors (Lipinski definition) is 0. The van der Waals surface area contributed by atoms with Gasteiger partial charge in [0.1, 0.15) is 5.58 Å². The van der Waals surface area contributed by atoms with Crippen LogP contribution in [0.2, 0.25) is 0 Å². The van der Waals surface area contributed by atoms with E-state index in [1.807, 2.05) is 18.2 Å². The monoisotopic (exact) mass is 183 g/mol. The fraction of sp³-hybridized carbons (Fsp3) is 0. The molecule has 0 saturated carbocycles. The minimum atomic E-state index is -0.552. The molecule has 0 unspecified atom stereocenters. The number of rotatable bonds is 0. The minimum absolute atomic E-state index is 0. The van der Waals surface area contributed by atoms with E-state index in [1.165, 1.54) is 6.20 Å². The molecule has 2 rings (SSSR count). The van der Waals surface area contributed by atoms with Crippen LogP contribution < -0.4 is 5.76 Å². The van der Waals surface area contributed by atoms with E-state index in [0.717, 1.165) is 5.39 Å². The predicted molar refractivity (Wildman–Crippen MR) is 47.5 cm³/mol. The Kier molecular flexibility index (Phi) is 2.45. The maximum absolute atomic E-state index is 10.6. The number of nitrogens with zero attached hydrogens (tertiary/aromatic N) is 1. The number of para-hydroxylation sites is 1. The molecule has 0 N–H and O–H groups in total. The van der Waals surface area contributed by atoms with E-state index in [0.29, 0.717) is 5.58 Å². The van der Waals surface area contributed by atoms with Crippen molar-refractivity contribution < 1.29 is 4.42 Å². The van der Waals surface area contributed by atoms with Crippen LogP contribution in [0.25, 0.3) is 11.0 Å². The topological polar surface area (TPSA) is 43.1 Å². The van der Waals surface area contributed by atoms with Gasteiger partial charge in [0.25, 0.3) is 0 Å². The van der Waals surface area contributed by atoms with Gasteiger partial charge in [0, 0.05) is 11.6 Å². The van der Waals surface area contributed by atoms with Gasteiger partial charge in [0.2, 0.25) is 0 Å². The van der Waals surface area contributed by atoms with Crippen LogP contribution in [0.3, 0.4) is 0 Å². The van der Waals surface area contributed by atoms with Crippen molar-refractivity contribution in [2.24, 2.45) is 0 Å². The van der Waals surface area contributed by atoms with Crippen molar-refractivity contribution in [3.63, 3.8) is 0 Å². The van der Waals surface area contributed by atoms with Crippen LogP contribution in [-0.2, 0) is 0 Å². The minimum Gasteiger partial charge on any atom is -0.408 e. The summed E-state index contributed by atoms with van der Waals surface area (Å²) in [4.78, 5) is 14.1. The normalized spacial score (nSPS) is 9.33. The summed E-state index contributed by atoms with van der Waals surface area (Å²) in [7, 11) is 0. The number of halogens is 1. The first kappa shape index (κ1) is 8.74. The average molecular weight is 184 g/mol. The second-order valence-electron chi connectivity index (χ2n) is 2.16. The Morgan fingerprint density at radius 1 is 1.25 bits per heavy atom. The van der Waals surface area contributed by atoms with E-state index < -0.39 is 5.76 Å². The van der Waals surface area contributed by atoms with Crippen molar-refractivity contribution in [1.29, 1.82) is 0 Å². The van der Waals surface area contributed by atoms with Crippen molar-refractivity contribution in [2.75, 3.05) is 0 Å². The molecule has 0 aliphatic heterocycles. The molecule has 0 aliphatic carbocycles. The summed E-state index contributed by atoms with van der Waals surface area (Å²) in [6.45, 7) is 0. The van der Waals surface area contributed by atoms with Gasteiger partial charge in [0.15, 0.2) is 0 Å². The number of benzene rings is 1. The molecule has 4 heteroatoms. The van der Waals surface area contributed by atoms with Crippen LogP contribution >= 0.6 is 12.4 Å². The molecule has 62 valence electrons. The molecular weight excluding hydrogens is 178 g/mol. The van der Waals surface area contributed by atoms with E-state index in [4.69, 9.17) is 4.42 Å². The van der Waals surface area contributed by atoms with Crippen LogP contribution in [0, 0.1) is 0 Å². The number of hydrogen-bond acceptors (Lipinski definition) is 3. The summed E-state index contributed by atoms with van der Waals surface area (Å²) < 4.78 is 4.79. The largest absolute Gasteiger partial charge is 0.439 e. The molecule has 0 aliphatic rings. The smallest absolute Gasteiger partial charge is 0.408 e. The van der Waals surface area contributed by atoms with Gasteiger partial charge in [-0.05, 0) is 12.1 Å². The fourth-order valence-corrected chi connectivity index (χ4v) is 0.923. The SMILES string of the molecule is Cl.O=c1ncc2ccccc2o1. The van der Waals surface area contributed by atoms with E-state index in [9.17, 15) is 4.79 Å². The summed E-state index contributed by atoms with van der Waals surface area (Å²) in [5.41, 5.74) is 0.576. The van der Waals surface area contributed by atoms with Gasteiger partial charge in [-0.3, -0.25) is 0 Å². The third-order valence-electron chi connectivity index (χ3n) is 1.43. The Morgan fingerprint density at radius 2 is 2.00 bits per heavy atom. The lowest BCUT2D eigenvalue weighted by Crippen LogP contribution is -2.00. The van der Waals surface area contributed by atoms with Crippen LogP contribution in [0.15, 0.2) is 39.7 Å². The highest BCUT2D eigenvalue weighted by atomic mass is 35.5. The van der Waals surface area contributed by atoms with Gasteiger partial charge < -0.3 is 4.42 Å². The van der Waals surface area contributed by atoms with Gasteiger partial charge >= 0.3 is 5.76 Å². The molecule has 0 fully saturated rings. The summed E-state index contributed by atoms with van der Waals surface area (Å²) in [6, 6.07) is 7.25. The lowest BCUT2D eigenvalue weighted by Gasteiger charge is -1.90. The maximum atomic E-state index is 10.6. The third kappa shape index (κ3) is 1.46. The van der Waals surface area contributed by atoms with E-state index in [2.05, 4.69) is 4.98 Å². The average Bonchev–Trinajstić information content (AvgIpc) is 2.04. The zero-order valence-corrected chi connectivity index (χ0v) is 6.88. The summed E-state index contributed by atoms with van der Waals surface area (Å²) in [6.07, 6.45) is 1.50. The standard InChI is InChI=1S/C8H5NO2.ClH/c10-8-9-5-6-3-1-2-4-7(6)11-8;/h1-5H;1H. The molecule has 0 spiro atoms. The van der Waals surface area contributed by atoms with E-state index in [1.54, 1.807) is 6.07 Å². The number of fused-ring (bicyclic) bond motifs is 1. The van der Waals surface area contributed by atoms with Crippen molar-refractivity contribution >= 4 is 23.4 Å². The molecular formula is C8H6ClNO2. The molecule has 1 aromatic heterocycles. The highest BCUT2D eigenvalue weighted by Gasteiger charge is 1.93. The Hall–Kier alpha value is -1.35. The third-order valence-corrected chi connectivity index (χ3v) is 1.43. The van der Waals surface area contributed by atoms with Crippen LogP contribution in [0.4, 0.5) is 0 Å². The second-order valence-corrected chi connectivity index (χ2v) is 2.16. The number of aromatic nitrogens is 1. The fourth-order valence-electron chi connectivity index (χ4n) is 0.923. The highest BCUT2D eigenvalue weighted by molar-refractivity contribution is 5.85. The van der Waals surface area contributed by atoms with Crippen molar-refractivity contribution in [1.82, 2.24) is 4.98 Å². The first-order valence-corrected chi connectivity index (χ1v) is 3.21. The van der Waals surface area contributed by atoms with E-state index >= 15 is 0 Å². The van der Waals surface area contributed by atoms with Gasteiger partial charge in [-0.25, -0.2) is 4.79 Å². The quantitative estimate of drug-likeness (QED) is 0.623. The molecule has 0 atom stereocenters. The first-order valence-electron chi connectivity index (χ1n) is 3.21. The molecule has 0 radical (unpaired) electrons. The molecule has 0 bridgehead atoms. The van der Waals surface area contributed by atoms with Crippen molar-refractivity contribution in [3.8, 4) is 0 Å². The van der Waals surface area contributed by atoms with Gasteiger partial charge in [-0.2, -0.15) is 4.98 Å². The molecule has 0 amide bonds. The molecule has 1 aromatic carbocycles. The van der Waals surface area contributed by atoms with Crippen LogP contribution in [0.5, 0.6) is 0 Å². The van der Waals surface area contributed by atoms with Gasteiger partial charge in [-0.1, -0.05) is 12.1 Å². The predicted octanol–water partition coefficient (Wildman–Crippen LogP) is 1.61. The van der Waals surface area contributed by atoms with Crippen molar-refractivity contribution in [2.45, 2.75) is 0 Å². The lowest BCUT2D eigenvalue weighted by atomic mass is 10.3. The first-order chi connectivity index (χ1) is 5.36. The second kappa shape index (κ2) is 3.36. The van der Waals surface area contributed by atoms with E-state index in [-0.39, 0.29) is 12.4 Å². The Bertz CT molecular complexity index is 438. The maximum Gasteiger partial charge on any atom is 0.439 e. The highest BCUT2D eigenvalue weighted by Crippen LogP contribution is 2.07. The van der Waals surface area contributed by atoms with Crippen LogP contribution in [-0.4, -0.2) is 4.98 Å². The molecule has 0 saturated heterocycles. The van der Waals surface area contributed by atoms with Crippen molar-refractivity contribution in [3.05, 3.63) is 41.0 Å². The molecule has 12 heavy (non-hydrogen) atoms. The van der Waals surface area contributed by atoms with Gasteiger partial charge in [-0.15, -0.1) is 12.4 Å². The summed E-state index contributed by atoms with van der Waals surface area (Å²) in [5, 5.41) is 0.840. The zero-order chi connectivity index (χ0) is 7.68.